The minimum absolute atomic E-state index is 0.0474. The fraction of sp³-hybridized carbons (Fsp3) is 0.176. The summed E-state index contributed by atoms with van der Waals surface area (Å²) < 4.78 is 35.1. The van der Waals surface area contributed by atoms with Crippen LogP contribution in [0.5, 0.6) is 46.0 Å². The van der Waals surface area contributed by atoms with Gasteiger partial charge in [-0.2, -0.15) is 0 Å². The fourth-order valence-electron chi connectivity index (χ4n) is 5.74. The van der Waals surface area contributed by atoms with Crippen LogP contribution >= 0.6 is 0 Å². The van der Waals surface area contributed by atoms with Gasteiger partial charge in [0, 0.05) is 56.2 Å². The van der Waals surface area contributed by atoms with Crippen LogP contribution in [-0.2, 0) is 19.2 Å². The second kappa shape index (κ2) is 11.2. The van der Waals surface area contributed by atoms with E-state index in [1.165, 1.54) is 6.92 Å². The molecule has 0 saturated carbocycles. The van der Waals surface area contributed by atoms with Gasteiger partial charge in [-0.1, -0.05) is 54.6 Å². The van der Waals surface area contributed by atoms with Crippen LogP contribution in [0.1, 0.15) is 61.8 Å². The zero-order valence-corrected chi connectivity index (χ0v) is 24.2. The van der Waals surface area contributed by atoms with Crippen molar-refractivity contribution in [3.8, 4) is 46.0 Å². The van der Waals surface area contributed by atoms with Gasteiger partial charge < -0.3 is 28.4 Å². The molecular formula is C34H26O10. The predicted molar refractivity (Wildman–Crippen MR) is 155 cm³/mol. The maximum absolute atomic E-state index is 12.6. The molecule has 10 heteroatoms. The van der Waals surface area contributed by atoms with Crippen LogP contribution in [0.3, 0.4) is 0 Å². The summed E-state index contributed by atoms with van der Waals surface area (Å²) in [5.74, 6) is -4.11. The van der Waals surface area contributed by atoms with Crippen molar-refractivity contribution in [1.29, 1.82) is 0 Å². The lowest BCUT2D eigenvalue weighted by Crippen LogP contribution is -2.24. The van der Waals surface area contributed by atoms with Gasteiger partial charge in [0.15, 0.2) is 11.5 Å². The Morgan fingerprint density at radius 1 is 0.477 bits per heavy atom. The number of esters is 4. The summed E-state index contributed by atoms with van der Waals surface area (Å²) in [4.78, 5) is 49.9. The average Bonchev–Trinajstić information content (AvgIpc) is 2.97. The normalized spacial score (nSPS) is 14.3. The molecule has 1 atom stereocenters. The highest BCUT2D eigenvalue weighted by Crippen LogP contribution is 2.65. The van der Waals surface area contributed by atoms with Crippen LogP contribution in [0.4, 0.5) is 0 Å². The van der Waals surface area contributed by atoms with Gasteiger partial charge in [-0.15, -0.1) is 0 Å². The summed E-state index contributed by atoms with van der Waals surface area (Å²) in [6.45, 7) is 4.60. The monoisotopic (exact) mass is 594 g/mol. The number of hydrogen-bond acceptors (Lipinski definition) is 10. The number of para-hydroxylation sites is 3. The largest absolute Gasteiger partial charge is 0.457 e. The van der Waals surface area contributed by atoms with E-state index >= 15 is 0 Å². The van der Waals surface area contributed by atoms with E-state index in [4.69, 9.17) is 28.4 Å². The topological polar surface area (TPSA) is 124 Å². The van der Waals surface area contributed by atoms with Crippen LogP contribution in [0.15, 0.2) is 72.8 Å². The zero-order chi connectivity index (χ0) is 31.1. The van der Waals surface area contributed by atoms with E-state index in [1.807, 2.05) is 60.7 Å². The Morgan fingerprint density at radius 2 is 0.841 bits per heavy atom. The first-order chi connectivity index (χ1) is 21.1. The third-order valence-corrected chi connectivity index (χ3v) is 7.14. The van der Waals surface area contributed by atoms with Gasteiger partial charge in [-0.3, -0.25) is 19.2 Å². The highest BCUT2D eigenvalue weighted by molar-refractivity contribution is 5.86. The van der Waals surface area contributed by atoms with Gasteiger partial charge in [-0.05, 0) is 18.2 Å². The average molecular weight is 595 g/mol. The SMILES string of the molecule is CC(=O)Oc1c(OC(C)=O)c(OC(C)=O)c2c(c1OC(C)=O)Oc1ccccc1C2C1c2ccccc2Oc2ccccc21. The van der Waals surface area contributed by atoms with Crippen LogP contribution in [0, 0.1) is 0 Å². The number of ether oxygens (including phenoxy) is 6. The lowest BCUT2D eigenvalue weighted by molar-refractivity contribution is -0.136. The molecule has 4 aromatic carbocycles. The smallest absolute Gasteiger partial charge is 0.308 e. The molecule has 0 bridgehead atoms. The number of rotatable bonds is 5. The number of carbonyl (C=O) groups excluding carboxylic acids is 4. The molecule has 2 aliphatic rings. The predicted octanol–water partition coefficient (Wildman–Crippen LogP) is 6.56. The molecule has 4 aromatic rings. The first-order valence-electron chi connectivity index (χ1n) is 13.7. The lowest BCUT2D eigenvalue weighted by Gasteiger charge is -2.39. The van der Waals surface area contributed by atoms with Crippen LogP contribution in [-0.4, -0.2) is 23.9 Å². The third-order valence-electron chi connectivity index (χ3n) is 7.14. The van der Waals surface area contributed by atoms with Gasteiger partial charge in [0.05, 0.1) is 5.56 Å². The molecule has 2 heterocycles. The van der Waals surface area contributed by atoms with Crippen LogP contribution < -0.4 is 28.4 Å². The van der Waals surface area contributed by atoms with Crippen molar-refractivity contribution < 1.29 is 47.6 Å². The van der Waals surface area contributed by atoms with Crippen molar-refractivity contribution >= 4 is 23.9 Å². The molecule has 0 aromatic heterocycles. The molecule has 0 spiro atoms. The Bertz CT molecular complexity index is 1810. The Balaban J connectivity index is 1.78. The molecule has 10 nitrogen and oxygen atoms in total. The number of hydrogen-bond donors (Lipinski definition) is 0. The van der Waals surface area contributed by atoms with Gasteiger partial charge in [0.1, 0.15) is 17.2 Å². The Labute approximate surface area is 252 Å². The highest BCUT2D eigenvalue weighted by Gasteiger charge is 2.46. The van der Waals surface area contributed by atoms with E-state index in [0.717, 1.165) is 31.9 Å². The van der Waals surface area contributed by atoms with E-state index in [2.05, 4.69) is 0 Å². The molecule has 1 unspecified atom stereocenters. The summed E-state index contributed by atoms with van der Waals surface area (Å²) in [5.41, 5.74) is 2.58. The van der Waals surface area contributed by atoms with Crippen molar-refractivity contribution in [1.82, 2.24) is 0 Å². The van der Waals surface area contributed by atoms with Crippen molar-refractivity contribution in [2.24, 2.45) is 0 Å². The van der Waals surface area contributed by atoms with Gasteiger partial charge in [0.25, 0.3) is 0 Å². The first kappa shape index (κ1) is 28.5. The summed E-state index contributed by atoms with van der Waals surface area (Å²) in [5, 5.41) is 0. The van der Waals surface area contributed by atoms with E-state index in [9.17, 15) is 19.2 Å². The highest BCUT2D eigenvalue weighted by atomic mass is 16.6. The molecule has 0 amide bonds. The number of fused-ring (bicyclic) bond motifs is 4. The summed E-state index contributed by atoms with van der Waals surface area (Å²) in [6.07, 6.45) is 0. The molecule has 0 saturated heterocycles. The van der Waals surface area contributed by atoms with E-state index in [-0.39, 0.29) is 22.8 Å². The molecule has 0 N–H and O–H groups in total. The molecular weight excluding hydrogens is 568 g/mol. The zero-order valence-electron chi connectivity index (χ0n) is 24.2. The standard InChI is InChI=1S/C34H26O10/c1-17(35)39-30-29-28(27-21-11-5-8-14-24(21)43-25-15-9-6-12-22(25)27)23-13-7-10-16-26(23)44-31(29)33(41-19(3)37)34(42-20(4)38)32(30)40-18(2)36/h5-16,27-28H,1-4H3. The van der Waals surface area contributed by atoms with Crippen molar-refractivity contribution in [2.45, 2.75) is 39.5 Å². The molecule has 44 heavy (non-hydrogen) atoms. The Kier molecular flexibility index (Phi) is 7.26. The van der Waals surface area contributed by atoms with E-state index in [0.29, 0.717) is 22.8 Å². The quantitative estimate of drug-likeness (QED) is 0.185. The molecule has 0 fully saturated rings. The molecule has 0 radical (unpaired) electrons. The van der Waals surface area contributed by atoms with Crippen molar-refractivity contribution in [2.75, 3.05) is 0 Å². The summed E-state index contributed by atoms with van der Waals surface area (Å²) in [6, 6.07) is 22.3. The van der Waals surface area contributed by atoms with Crippen molar-refractivity contribution in [3.05, 3.63) is 95.1 Å². The van der Waals surface area contributed by atoms with Crippen molar-refractivity contribution in [3.63, 3.8) is 0 Å². The van der Waals surface area contributed by atoms with Gasteiger partial charge >= 0.3 is 23.9 Å². The fourth-order valence-corrected chi connectivity index (χ4v) is 5.74. The van der Waals surface area contributed by atoms with Crippen LogP contribution in [0.25, 0.3) is 0 Å². The second-order valence-corrected chi connectivity index (χ2v) is 10.2. The maximum Gasteiger partial charge on any atom is 0.308 e. The summed E-state index contributed by atoms with van der Waals surface area (Å²) >= 11 is 0. The third kappa shape index (κ3) is 5.00. The minimum Gasteiger partial charge on any atom is -0.457 e. The minimum atomic E-state index is -0.819. The number of carbonyl (C=O) groups is 4. The Hall–Kier alpha value is -5.64. The van der Waals surface area contributed by atoms with Crippen LogP contribution in [0.2, 0.25) is 0 Å². The first-order valence-corrected chi connectivity index (χ1v) is 13.7. The second-order valence-electron chi connectivity index (χ2n) is 10.2. The molecule has 6 rings (SSSR count). The van der Waals surface area contributed by atoms with Gasteiger partial charge in [0.2, 0.25) is 17.2 Å². The lowest BCUT2D eigenvalue weighted by atomic mass is 9.70. The molecule has 0 aliphatic carbocycles. The van der Waals surface area contributed by atoms with Gasteiger partial charge in [-0.25, -0.2) is 0 Å². The summed E-state index contributed by atoms with van der Waals surface area (Å²) in [7, 11) is 0. The Morgan fingerprint density at radius 3 is 1.32 bits per heavy atom. The molecule has 2 aliphatic heterocycles. The van der Waals surface area contributed by atoms with E-state index < -0.39 is 47.2 Å². The van der Waals surface area contributed by atoms with E-state index in [1.54, 1.807) is 12.1 Å². The molecule has 222 valence electrons. The number of benzene rings is 4. The maximum atomic E-state index is 12.6.